The van der Waals surface area contributed by atoms with Crippen molar-refractivity contribution in [3.05, 3.63) is 61.9 Å². The fourth-order valence-electron chi connectivity index (χ4n) is 7.67. The minimum Gasteiger partial charge on any atom is -0.486 e. The predicted octanol–water partition coefficient (Wildman–Crippen LogP) is 6.27. The van der Waals surface area contributed by atoms with E-state index in [0.717, 1.165) is 100 Å². The Balaban J connectivity index is 0.000000178. The summed E-state index contributed by atoms with van der Waals surface area (Å²) in [5, 5.41) is 6.13. The van der Waals surface area contributed by atoms with Crippen molar-refractivity contribution in [1.82, 2.24) is 29.7 Å². The molecule has 276 valence electrons. The van der Waals surface area contributed by atoms with Gasteiger partial charge < -0.3 is 24.6 Å². The van der Waals surface area contributed by atoms with Crippen molar-refractivity contribution >= 4 is 84.2 Å². The number of rotatable bonds is 6. The van der Waals surface area contributed by atoms with Crippen LogP contribution in [-0.2, 0) is 46.6 Å². The number of benzene rings is 1. The first kappa shape index (κ1) is 35.8. The average Bonchev–Trinajstić information content (AvgIpc) is 3.97. The van der Waals surface area contributed by atoms with Gasteiger partial charge in [-0.1, -0.05) is 11.6 Å². The van der Waals surface area contributed by atoms with E-state index in [0.29, 0.717) is 18.3 Å². The van der Waals surface area contributed by atoms with Crippen molar-refractivity contribution in [2.24, 2.45) is 16.8 Å². The minimum atomic E-state index is 0.0320. The molecule has 9 rings (SSSR count). The van der Waals surface area contributed by atoms with Crippen LogP contribution in [0.25, 0.3) is 20.4 Å². The molecule has 5 aromatic rings. The zero-order chi connectivity index (χ0) is 36.8. The fourth-order valence-corrected chi connectivity index (χ4v) is 10.5. The van der Waals surface area contributed by atoms with E-state index in [4.69, 9.17) is 21.1 Å². The highest BCUT2D eigenvalue weighted by atomic mass is 35.5. The largest absolute Gasteiger partial charge is 0.486 e. The molecule has 0 unspecified atom stereocenters. The maximum Gasteiger partial charge on any atom is 0.225 e. The molecule has 0 spiro atoms. The van der Waals surface area contributed by atoms with E-state index in [1.165, 1.54) is 27.2 Å². The topological polar surface area (TPSA) is 135 Å². The van der Waals surface area contributed by atoms with Gasteiger partial charge in [0.05, 0.1) is 36.2 Å². The number of ether oxygens (including phenoxy) is 2. The number of aromatic nitrogens is 4. The fraction of sp³-hybridized carbons (Fsp3) is 0.447. The Labute approximate surface area is 320 Å². The summed E-state index contributed by atoms with van der Waals surface area (Å²) < 4.78 is 11.9. The zero-order valence-electron chi connectivity index (χ0n) is 30.1. The molecule has 1 fully saturated rings. The van der Waals surface area contributed by atoms with Crippen LogP contribution in [0.15, 0.2) is 29.8 Å². The van der Waals surface area contributed by atoms with E-state index in [1.807, 2.05) is 34.4 Å². The summed E-state index contributed by atoms with van der Waals surface area (Å²) in [7, 11) is 7.28. The third-order valence-corrected chi connectivity index (χ3v) is 13.0. The third-order valence-electron chi connectivity index (χ3n) is 10.4. The molecule has 53 heavy (non-hydrogen) atoms. The van der Waals surface area contributed by atoms with E-state index in [-0.39, 0.29) is 29.8 Å². The number of amides is 2. The number of hydrogen-bond acceptors (Lipinski definition) is 12. The van der Waals surface area contributed by atoms with Crippen molar-refractivity contribution in [1.29, 1.82) is 0 Å². The van der Waals surface area contributed by atoms with Crippen LogP contribution in [0.4, 0.5) is 11.5 Å². The highest BCUT2D eigenvalue weighted by Crippen LogP contribution is 2.43. The Morgan fingerprint density at radius 2 is 1.51 bits per heavy atom. The van der Waals surface area contributed by atoms with Gasteiger partial charge in [0.15, 0.2) is 0 Å². The highest BCUT2D eigenvalue weighted by molar-refractivity contribution is 7.19. The molecule has 6 heterocycles. The van der Waals surface area contributed by atoms with Crippen LogP contribution in [0.1, 0.15) is 51.3 Å². The Bertz CT molecular complexity index is 2250. The summed E-state index contributed by atoms with van der Waals surface area (Å²) in [6.45, 7) is 2.01. The summed E-state index contributed by atoms with van der Waals surface area (Å²) in [6.07, 6.45) is 10.9. The minimum absolute atomic E-state index is 0.0320. The summed E-state index contributed by atoms with van der Waals surface area (Å²) in [4.78, 5) is 54.3. The second kappa shape index (κ2) is 14.9. The van der Waals surface area contributed by atoms with Gasteiger partial charge in [-0.15, -0.1) is 22.7 Å². The second-order valence-electron chi connectivity index (χ2n) is 14.3. The van der Waals surface area contributed by atoms with Crippen LogP contribution < -0.4 is 10.1 Å². The van der Waals surface area contributed by atoms with Crippen molar-refractivity contribution in [3.63, 3.8) is 0 Å². The van der Waals surface area contributed by atoms with Gasteiger partial charge in [0.1, 0.15) is 45.1 Å². The maximum atomic E-state index is 12.6. The molecule has 12 nitrogen and oxygen atoms in total. The van der Waals surface area contributed by atoms with Crippen molar-refractivity contribution in [2.45, 2.75) is 57.6 Å². The Kier molecular flexibility index (Phi) is 10.0. The number of aliphatic imine (C=N–C) groups is 1. The number of nitrogens with zero attached hydrogens (tertiary/aromatic N) is 7. The lowest BCUT2D eigenvalue weighted by Crippen LogP contribution is -2.32. The van der Waals surface area contributed by atoms with Crippen molar-refractivity contribution in [3.8, 4) is 5.75 Å². The molecule has 1 N–H and O–H groups in total. The lowest BCUT2D eigenvalue weighted by molar-refractivity contribution is -0.134. The number of hydrogen-bond donors (Lipinski definition) is 1. The zero-order valence-corrected chi connectivity index (χ0v) is 32.5. The van der Waals surface area contributed by atoms with E-state index in [1.54, 1.807) is 38.8 Å². The van der Waals surface area contributed by atoms with E-state index in [2.05, 4.69) is 42.4 Å². The lowest BCUT2D eigenvalue weighted by atomic mass is 9.87. The molecule has 0 bridgehead atoms. The van der Waals surface area contributed by atoms with Crippen molar-refractivity contribution in [2.75, 3.05) is 46.7 Å². The maximum absolute atomic E-state index is 12.6. The smallest absolute Gasteiger partial charge is 0.225 e. The molecule has 15 heteroatoms. The molecule has 2 aliphatic carbocycles. The summed E-state index contributed by atoms with van der Waals surface area (Å²) in [6, 6.07) is 4.18. The highest BCUT2D eigenvalue weighted by Gasteiger charge is 2.31. The summed E-state index contributed by atoms with van der Waals surface area (Å²) >= 11 is 9.48. The van der Waals surface area contributed by atoms with Crippen LogP contribution >= 0.6 is 34.3 Å². The van der Waals surface area contributed by atoms with Crippen molar-refractivity contribution < 1.29 is 19.1 Å². The molecular weight excluding hydrogens is 732 g/mol. The Morgan fingerprint density at radius 1 is 0.868 bits per heavy atom. The molecule has 1 saturated heterocycles. The number of carbonyl (C=O) groups is 2. The van der Waals surface area contributed by atoms with Crippen LogP contribution in [-0.4, -0.2) is 95.3 Å². The van der Waals surface area contributed by atoms with Crippen LogP contribution in [0, 0.1) is 11.8 Å². The third kappa shape index (κ3) is 7.09. The van der Waals surface area contributed by atoms with Crippen LogP contribution in [0.2, 0.25) is 5.15 Å². The summed E-state index contributed by atoms with van der Waals surface area (Å²) in [5.74, 6) is 2.10. The van der Waals surface area contributed by atoms with Gasteiger partial charge in [-0.2, -0.15) is 0 Å². The molecule has 4 aliphatic rings. The van der Waals surface area contributed by atoms with E-state index in [9.17, 15) is 9.59 Å². The van der Waals surface area contributed by atoms with Gasteiger partial charge in [0.2, 0.25) is 11.8 Å². The molecule has 3 atom stereocenters. The molecular formula is C38H41ClN8O4S2. The van der Waals surface area contributed by atoms with Gasteiger partial charge in [0.25, 0.3) is 0 Å². The summed E-state index contributed by atoms with van der Waals surface area (Å²) in [5.41, 5.74) is 5.64. The lowest BCUT2D eigenvalue weighted by Gasteiger charge is -2.24. The standard InChI is InChI=1S/C25H27N5O3S.C13H14ClN3OS/c1-30(2)25(31)14-3-4-18-21(9-14)34-24-22(18)23(27-13-28-24)29-19-7-15-10-26-11-16(15)8-20(19)33-17-5-6-32-12-17;1-17(2)13(18)7-3-4-8-9(5-7)19-12-10(8)11(14)15-6-16-12/h7-8,10,13-14,17H,3-6,9,11-12H2,1-2H3,(H,27,28,29);6-7H,3-5H2,1-2H3/t14-,17-;7-/m00/s1. The van der Waals surface area contributed by atoms with Crippen LogP contribution in [0.3, 0.4) is 0 Å². The Morgan fingerprint density at radius 3 is 2.15 bits per heavy atom. The number of carbonyl (C=O) groups excluding carboxylic acids is 2. The molecule has 1 aromatic carbocycles. The number of fused-ring (bicyclic) bond motifs is 7. The van der Waals surface area contributed by atoms with Gasteiger partial charge >= 0.3 is 0 Å². The quantitative estimate of drug-likeness (QED) is 0.198. The predicted molar refractivity (Wildman–Crippen MR) is 209 cm³/mol. The van der Waals surface area contributed by atoms with Gasteiger partial charge in [-0.3, -0.25) is 14.6 Å². The van der Waals surface area contributed by atoms with Gasteiger partial charge in [0, 0.05) is 62.4 Å². The SMILES string of the molecule is CN(C)C(=O)[C@H]1CCc2c(sc3ncnc(Cl)c23)C1.CN(C)C(=O)[C@H]1CCc2c(sc3ncnc(Nc4cc5c(cc4O[C@H]4CCOC4)CN=C5)c23)C1. The van der Waals surface area contributed by atoms with Gasteiger partial charge in [-0.25, -0.2) is 19.9 Å². The Hall–Kier alpha value is -4.24. The molecule has 2 aliphatic heterocycles. The van der Waals surface area contributed by atoms with Gasteiger partial charge in [-0.05, 0) is 72.9 Å². The molecule has 0 radical (unpaired) electrons. The van der Waals surface area contributed by atoms with E-state index >= 15 is 0 Å². The van der Waals surface area contributed by atoms with E-state index < -0.39 is 0 Å². The first-order valence-corrected chi connectivity index (χ1v) is 19.9. The second-order valence-corrected chi connectivity index (χ2v) is 16.9. The number of nitrogens with one attached hydrogen (secondary N) is 1. The number of aryl methyl sites for hydroxylation is 2. The first-order chi connectivity index (χ1) is 25.6. The molecule has 0 saturated carbocycles. The number of thiophene rings is 2. The average molecular weight is 773 g/mol. The number of halogens is 1. The molecule has 4 aromatic heterocycles. The van der Waals surface area contributed by atoms with Crippen LogP contribution in [0.5, 0.6) is 5.75 Å². The normalized spacial score (nSPS) is 20.0. The monoisotopic (exact) mass is 772 g/mol. The number of anilines is 2. The first-order valence-electron chi connectivity index (χ1n) is 17.9. The molecule has 2 amide bonds.